The van der Waals surface area contributed by atoms with Crippen LogP contribution in [0.5, 0.6) is 0 Å². The highest BCUT2D eigenvalue weighted by Gasteiger charge is 2.33. The molecule has 0 saturated heterocycles. The van der Waals surface area contributed by atoms with Crippen molar-refractivity contribution in [2.45, 2.75) is 58.8 Å². The van der Waals surface area contributed by atoms with Gasteiger partial charge in [-0.1, -0.05) is 47.2 Å². The molecule has 0 heterocycles. The molecule has 14 heavy (non-hydrogen) atoms. The Hall–Kier alpha value is 0.394. The molecular formula is C11H28OSi2. The molecule has 0 amide bonds. The average Bonchev–Trinajstić information content (AvgIpc) is 2.12. The Bertz CT molecular complexity index is 157. The standard InChI is InChI=1S/C11H28OSi2/c1-8-10(2)11(3,4)14(7)12-9-13(5)6/h10,13-14H,8-9H2,1-7H3/t10-,14?/m1/s1. The molecule has 0 fully saturated rings. The van der Waals surface area contributed by atoms with Crippen LogP contribution in [0.4, 0.5) is 0 Å². The molecule has 0 rings (SSSR count). The summed E-state index contributed by atoms with van der Waals surface area (Å²) in [6.45, 7) is 16.5. The molecule has 0 spiro atoms. The second-order valence-electron chi connectivity index (χ2n) is 5.50. The van der Waals surface area contributed by atoms with E-state index in [0.29, 0.717) is 5.04 Å². The van der Waals surface area contributed by atoms with Crippen molar-refractivity contribution < 1.29 is 4.43 Å². The van der Waals surface area contributed by atoms with Gasteiger partial charge in [-0.25, -0.2) is 0 Å². The van der Waals surface area contributed by atoms with Gasteiger partial charge in [-0.3, -0.25) is 0 Å². The van der Waals surface area contributed by atoms with Gasteiger partial charge in [-0.2, -0.15) is 0 Å². The highest BCUT2D eigenvalue weighted by Crippen LogP contribution is 2.39. The summed E-state index contributed by atoms with van der Waals surface area (Å²) in [5.74, 6) is 0.790. The van der Waals surface area contributed by atoms with Crippen molar-refractivity contribution in [2.24, 2.45) is 5.92 Å². The lowest BCUT2D eigenvalue weighted by atomic mass is 9.94. The third-order valence-corrected chi connectivity index (χ3v) is 8.21. The van der Waals surface area contributed by atoms with Gasteiger partial charge >= 0.3 is 0 Å². The van der Waals surface area contributed by atoms with E-state index in [-0.39, 0.29) is 0 Å². The summed E-state index contributed by atoms with van der Waals surface area (Å²) in [6.07, 6.45) is 2.35. The van der Waals surface area contributed by atoms with E-state index in [1.54, 1.807) is 0 Å². The summed E-state index contributed by atoms with van der Waals surface area (Å²) >= 11 is 0. The van der Waals surface area contributed by atoms with Crippen molar-refractivity contribution >= 4 is 17.8 Å². The summed E-state index contributed by atoms with van der Waals surface area (Å²) in [5.41, 5.74) is 0. The molecule has 0 aliphatic rings. The largest absolute Gasteiger partial charge is 0.423 e. The fraction of sp³-hybridized carbons (Fsp3) is 1.00. The molecule has 0 saturated carbocycles. The van der Waals surface area contributed by atoms with Gasteiger partial charge in [-0.15, -0.1) is 0 Å². The van der Waals surface area contributed by atoms with Crippen LogP contribution in [0.25, 0.3) is 0 Å². The summed E-state index contributed by atoms with van der Waals surface area (Å²) in [6, 6.07) is 0. The Morgan fingerprint density at radius 2 is 1.71 bits per heavy atom. The van der Waals surface area contributed by atoms with Crippen LogP contribution in [-0.4, -0.2) is 24.1 Å². The van der Waals surface area contributed by atoms with Crippen LogP contribution in [0.3, 0.4) is 0 Å². The maximum atomic E-state index is 6.09. The number of hydrogen-bond donors (Lipinski definition) is 0. The fourth-order valence-corrected chi connectivity index (χ4v) is 5.64. The van der Waals surface area contributed by atoms with Gasteiger partial charge in [0.15, 0.2) is 9.04 Å². The summed E-state index contributed by atoms with van der Waals surface area (Å²) in [5, 5.41) is 0.442. The smallest absolute Gasteiger partial charge is 0.179 e. The zero-order chi connectivity index (χ0) is 11.4. The molecule has 1 unspecified atom stereocenters. The topological polar surface area (TPSA) is 9.23 Å². The van der Waals surface area contributed by atoms with E-state index in [0.717, 1.165) is 12.1 Å². The second kappa shape index (κ2) is 6.08. The fourth-order valence-electron chi connectivity index (χ4n) is 1.48. The van der Waals surface area contributed by atoms with E-state index in [4.69, 9.17) is 4.43 Å². The van der Waals surface area contributed by atoms with Crippen molar-refractivity contribution in [1.29, 1.82) is 0 Å². The van der Waals surface area contributed by atoms with Gasteiger partial charge in [0, 0.05) is 6.23 Å². The Morgan fingerprint density at radius 3 is 2.07 bits per heavy atom. The van der Waals surface area contributed by atoms with Gasteiger partial charge in [0.25, 0.3) is 0 Å². The van der Waals surface area contributed by atoms with Crippen LogP contribution in [0, 0.1) is 5.92 Å². The highest BCUT2D eigenvalue weighted by atomic mass is 28.3. The van der Waals surface area contributed by atoms with Crippen LogP contribution in [0.2, 0.25) is 24.7 Å². The minimum absolute atomic E-state index is 0.442. The molecule has 0 N–H and O–H groups in total. The first-order valence-corrected chi connectivity index (χ1v) is 11.3. The molecular weight excluding hydrogens is 204 g/mol. The SMILES string of the molecule is CC[C@@H](C)C(C)(C)[SiH](C)OC[SiH](C)C. The van der Waals surface area contributed by atoms with Crippen molar-refractivity contribution in [1.82, 2.24) is 0 Å². The van der Waals surface area contributed by atoms with E-state index in [1.165, 1.54) is 6.42 Å². The van der Waals surface area contributed by atoms with E-state index >= 15 is 0 Å². The molecule has 0 aromatic carbocycles. The Morgan fingerprint density at radius 1 is 1.21 bits per heavy atom. The normalized spacial score (nSPS) is 17.1. The van der Waals surface area contributed by atoms with E-state index in [2.05, 4.69) is 47.3 Å². The Balaban J connectivity index is 4.13. The summed E-state index contributed by atoms with van der Waals surface area (Å²) < 4.78 is 6.09. The first kappa shape index (κ1) is 14.4. The Kier molecular flexibility index (Phi) is 6.25. The molecule has 0 aromatic heterocycles. The van der Waals surface area contributed by atoms with Crippen LogP contribution in [-0.2, 0) is 4.43 Å². The minimum atomic E-state index is -1.01. The quantitative estimate of drug-likeness (QED) is 0.639. The molecule has 2 atom stereocenters. The molecule has 86 valence electrons. The third kappa shape index (κ3) is 4.28. The van der Waals surface area contributed by atoms with Gasteiger partial charge in [0.1, 0.15) is 0 Å². The van der Waals surface area contributed by atoms with Crippen LogP contribution in [0.15, 0.2) is 0 Å². The summed E-state index contributed by atoms with van der Waals surface area (Å²) in [7, 11) is -1.53. The lowest BCUT2D eigenvalue weighted by Gasteiger charge is -2.36. The lowest BCUT2D eigenvalue weighted by Crippen LogP contribution is -2.35. The van der Waals surface area contributed by atoms with Crippen LogP contribution >= 0.6 is 0 Å². The second-order valence-corrected chi connectivity index (χ2v) is 11.7. The van der Waals surface area contributed by atoms with Gasteiger partial charge in [0.05, 0.1) is 8.80 Å². The van der Waals surface area contributed by atoms with Crippen molar-refractivity contribution in [2.75, 3.05) is 6.23 Å². The first-order valence-electron chi connectivity index (χ1n) is 5.93. The zero-order valence-electron chi connectivity index (χ0n) is 11.1. The first-order chi connectivity index (χ1) is 6.32. The van der Waals surface area contributed by atoms with Gasteiger partial charge in [-0.05, 0) is 17.5 Å². The molecule has 0 aliphatic heterocycles. The highest BCUT2D eigenvalue weighted by molar-refractivity contribution is 6.59. The third-order valence-electron chi connectivity index (χ3n) is 3.61. The molecule has 1 nitrogen and oxygen atoms in total. The van der Waals surface area contributed by atoms with E-state index in [9.17, 15) is 0 Å². The molecule has 0 aliphatic carbocycles. The molecule has 3 heteroatoms. The predicted octanol–water partition coefficient (Wildman–Crippen LogP) is 3.21. The monoisotopic (exact) mass is 232 g/mol. The van der Waals surface area contributed by atoms with E-state index < -0.39 is 17.8 Å². The van der Waals surface area contributed by atoms with Crippen LogP contribution < -0.4 is 0 Å². The minimum Gasteiger partial charge on any atom is -0.423 e. The molecule has 0 aromatic rings. The summed E-state index contributed by atoms with van der Waals surface area (Å²) in [4.78, 5) is 0. The van der Waals surface area contributed by atoms with Crippen molar-refractivity contribution in [3.8, 4) is 0 Å². The van der Waals surface area contributed by atoms with Crippen molar-refractivity contribution in [3.63, 3.8) is 0 Å². The zero-order valence-corrected chi connectivity index (χ0v) is 13.4. The maximum absolute atomic E-state index is 6.09. The Labute approximate surface area is 93.6 Å². The predicted molar refractivity (Wildman–Crippen MR) is 71.3 cm³/mol. The average molecular weight is 233 g/mol. The molecule has 0 bridgehead atoms. The van der Waals surface area contributed by atoms with Gasteiger partial charge in [0.2, 0.25) is 0 Å². The van der Waals surface area contributed by atoms with Gasteiger partial charge < -0.3 is 4.43 Å². The maximum Gasteiger partial charge on any atom is 0.179 e. The number of hydrogen-bond acceptors (Lipinski definition) is 1. The van der Waals surface area contributed by atoms with Crippen LogP contribution in [0.1, 0.15) is 34.1 Å². The number of rotatable bonds is 6. The molecule has 0 radical (unpaired) electrons. The lowest BCUT2D eigenvalue weighted by molar-refractivity contribution is 0.318. The van der Waals surface area contributed by atoms with Crippen molar-refractivity contribution in [3.05, 3.63) is 0 Å². The van der Waals surface area contributed by atoms with E-state index in [1.807, 2.05) is 0 Å².